The first-order valence-electron chi connectivity index (χ1n) is 11.2. The van der Waals surface area contributed by atoms with Gasteiger partial charge in [0.15, 0.2) is 28.8 Å². The van der Waals surface area contributed by atoms with Gasteiger partial charge in [-0.1, -0.05) is 0 Å². The molecule has 0 spiro atoms. The molecule has 10 heteroatoms. The highest BCUT2D eigenvalue weighted by atomic mass is 19.2. The standard InChI is InChI=1S/C24H21F3N6O/c1-31-22(12-9-16(25)19(27)17(26)10-12)15-11-13-5-3-7-18(20(15)29-31)33(13)24(34)21-14-6-4-8-28-23(14)32(2)30-21/h4,6,8-10,13,18H,3,5,7,11H2,1-2H3/t13-,18+/m1/s1. The number of hydrogen-bond donors (Lipinski definition) is 0. The number of fused-ring (bicyclic) bond motifs is 5. The van der Waals surface area contributed by atoms with E-state index in [0.29, 0.717) is 34.5 Å². The van der Waals surface area contributed by atoms with Crippen LogP contribution in [0.3, 0.4) is 0 Å². The van der Waals surface area contributed by atoms with Crippen LogP contribution in [0.15, 0.2) is 30.5 Å². The van der Waals surface area contributed by atoms with Crippen molar-refractivity contribution in [3.8, 4) is 11.3 Å². The summed E-state index contributed by atoms with van der Waals surface area (Å²) < 4.78 is 44.7. The second-order valence-electron chi connectivity index (χ2n) is 8.95. The topological polar surface area (TPSA) is 68.8 Å². The number of hydrogen-bond acceptors (Lipinski definition) is 4. The molecule has 3 aromatic heterocycles. The molecule has 0 aliphatic carbocycles. The molecule has 0 unspecified atom stereocenters. The van der Waals surface area contributed by atoms with Crippen molar-refractivity contribution in [2.24, 2.45) is 14.1 Å². The lowest BCUT2D eigenvalue weighted by molar-refractivity contribution is 0.0387. The van der Waals surface area contributed by atoms with Gasteiger partial charge in [-0.2, -0.15) is 10.2 Å². The molecule has 4 aromatic rings. The first kappa shape index (κ1) is 20.9. The van der Waals surface area contributed by atoms with E-state index in [-0.39, 0.29) is 23.6 Å². The Morgan fingerprint density at radius 2 is 1.82 bits per heavy atom. The molecule has 1 fully saturated rings. The maximum Gasteiger partial charge on any atom is 0.275 e. The maximum absolute atomic E-state index is 14.0. The summed E-state index contributed by atoms with van der Waals surface area (Å²) in [5.74, 6) is -4.16. The second-order valence-corrected chi connectivity index (χ2v) is 8.95. The van der Waals surface area contributed by atoms with E-state index in [4.69, 9.17) is 0 Å². The summed E-state index contributed by atoms with van der Waals surface area (Å²) in [6, 6.07) is 5.22. The van der Waals surface area contributed by atoms with Gasteiger partial charge in [-0.05, 0) is 49.9 Å². The van der Waals surface area contributed by atoms with Crippen LogP contribution in [0.5, 0.6) is 0 Å². The number of rotatable bonds is 2. The Hall–Kier alpha value is -3.69. The van der Waals surface area contributed by atoms with Crippen molar-refractivity contribution >= 4 is 16.9 Å². The number of carbonyl (C=O) groups excluding carboxylic acids is 1. The molecule has 174 valence electrons. The molecule has 6 rings (SSSR count). The third kappa shape index (κ3) is 2.90. The van der Waals surface area contributed by atoms with Crippen molar-refractivity contribution < 1.29 is 18.0 Å². The number of nitrogens with zero attached hydrogens (tertiary/aromatic N) is 6. The van der Waals surface area contributed by atoms with Crippen molar-refractivity contribution in [2.45, 2.75) is 37.8 Å². The van der Waals surface area contributed by atoms with Gasteiger partial charge in [-0.3, -0.25) is 9.48 Å². The van der Waals surface area contributed by atoms with Gasteiger partial charge >= 0.3 is 0 Å². The monoisotopic (exact) mass is 466 g/mol. The quantitative estimate of drug-likeness (QED) is 0.418. The van der Waals surface area contributed by atoms with E-state index in [1.165, 1.54) is 0 Å². The molecule has 7 nitrogen and oxygen atoms in total. The molecule has 0 saturated carbocycles. The molecule has 0 radical (unpaired) electrons. The number of piperidine rings is 1. The Kier molecular flexibility index (Phi) is 4.55. The molecule has 2 atom stereocenters. The minimum absolute atomic E-state index is 0.106. The molecular weight excluding hydrogens is 445 g/mol. The van der Waals surface area contributed by atoms with Crippen molar-refractivity contribution in [3.63, 3.8) is 0 Å². The van der Waals surface area contributed by atoms with Crippen LogP contribution in [0.2, 0.25) is 0 Å². The molecule has 2 bridgehead atoms. The second kappa shape index (κ2) is 7.41. The number of aromatic nitrogens is 5. The average Bonchev–Trinajstić information content (AvgIpc) is 3.33. The lowest BCUT2D eigenvalue weighted by atomic mass is 9.81. The fourth-order valence-electron chi connectivity index (χ4n) is 5.57. The Bertz CT molecular complexity index is 1450. The molecule has 1 saturated heterocycles. The summed E-state index contributed by atoms with van der Waals surface area (Å²) in [4.78, 5) is 20.0. The smallest absolute Gasteiger partial charge is 0.275 e. The van der Waals surface area contributed by atoms with Crippen LogP contribution in [0, 0.1) is 17.5 Å². The van der Waals surface area contributed by atoms with Gasteiger partial charge in [-0.15, -0.1) is 0 Å². The number of amides is 1. The van der Waals surface area contributed by atoms with Gasteiger partial charge in [0, 0.05) is 37.5 Å². The van der Waals surface area contributed by atoms with E-state index in [1.807, 2.05) is 11.0 Å². The average molecular weight is 466 g/mol. The first-order chi connectivity index (χ1) is 16.3. The lowest BCUT2D eigenvalue weighted by Crippen LogP contribution is -2.50. The predicted octanol–water partition coefficient (Wildman–Crippen LogP) is 4.08. The van der Waals surface area contributed by atoms with Gasteiger partial charge in [0.1, 0.15) is 0 Å². The van der Waals surface area contributed by atoms with Crippen molar-refractivity contribution in [2.75, 3.05) is 0 Å². The van der Waals surface area contributed by atoms with Crippen LogP contribution in [0.4, 0.5) is 13.2 Å². The van der Waals surface area contributed by atoms with E-state index in [0.717, 1.165) is 37.0 Å². The van der Waals surface area contributed by atoms with E-state index >= 15 is 0 Å². The summed E-state index contributed by atoms with van der Waals surface area (Å²) in [5, 5.41) is 9.83. The SMILES string of the molecule is Cn1nc2c(c1-c1cc(F)c(F)c(F)c1)C[C@H]1CCC[C@@H]2N1C(=O)c1nn(C)c2ncccc12. The van der Waals surface area contributed by atoms with Crippen LogP contribution < -0.4 is 0 Å². The lowest BCUT2D eigenvalue weighted by Gasteiger charge is -2.45. The zero-order valence-electron chi connectivity index (χ0n) is 18.6. The molecule has 0 N–H and O–H groups in total. The molecule has 2 aliphatic heterocycles. The molecule has 2 aliphatic rings. The molecule has 34 heavy (non-hydrogen) atoms. The fourth-order valence-corrected chi connectivity index (χ4v) is 5.57. The van der Waals surface area contributed by atoms with Gasteiger partial charge in [0.05, 0.1) is 22.8 Å². The zero-order valence-corrected chi connectivity index (χ0v) is 18.6. The first-order valence-corrected chi connectivity index (χ1v) is 11.2. The number of carbonyl (C=O) groups is 1. The molecule has 5 heterocycles. The summed E-state index contributed by atoms with van der Waals surface area (Å²) in [7, 11) is 3.45. The third-order valence-corrected chi connectivity index (χ3v) is 6.97. The number of halogens is 3. The Morgan fingerprint density at radius 3 is 2.59 bits per heavy atom. The Balaban J connectivity index is 1.46. The summed E-state index contributed by atoms with van der Waals surface area (Å²) >= 11 is 0. The van der Waals surface area contributed by atoms with Crippen molar-refractivity contribution in [3.05, 3.63) is 64.9 Å². The summed E-state index contributed by atoms with van der Waals surface area (Å²) in [6.45, 7) is 0. The number of aryl methyl sites for hydroxylation is 2. The largest absolute Gasteiger partial charge is 0.325 e. The highest BCUT2D eigenvalue weighted by molar-refractivity contribution is 6.04. The van der Waals surface area contributed by atoms with Crippen LogP contribution in [-0.4, -0.2) is 41.4 Å². The third-order valence-electron chi connectivity index (χ3n) is 6.97. The highest BCUT2D eigenvalue weighted by Gasteiger charge is 2.44. The van der Waals surface area contributed by atoms with Crippen LogP contribution >= 0.6 is 0 Å². The van der Waals surface area contributed by atoms with Gasteiger partial charge < -0.3 is 4.90 Å². The van der Waals surface area contributed by atoms with Crippen LogP contribution in [0.25, 0.3) is 22.3 Å². The van der Waals surface area contributed by atoms with E-state index in [2.05, 4.69) is 15.2 Å². The van der Waals surface area contributed by atoms with Crippen LogP contribution in [0.1, 0.15) is 47.1 Å². The van der Waals surface area contributed by atoms with Gasteiger partial charge in [-0.25, -0.2) is 22.8 Å². The van der Waals surface area contributed by atoms with Gasteiger partial charge in [0.25, 0.3) is 5.91 Å². The highest BCUT2D eigenvalue weighted by Crippen LogP contribution is 2.45. The van der Waals surface area contributed by atoms with E-state index < -0.39 is 17.5 Å². The molecular formula is C24H21F3N6O. The Labute approximate surface area is 192 Å². The van der Waals surface area contributed by atoms with Crippen molar-refractivity contribution in [1.29, 1.82) is 0 Å². The minimum atomic E-state index is -1.49. The van der Waals surface area contributed by atoms with E-state index in [1.54, 1.807) is 35.7 Å². The van der Waals surface area contributed by atoms with Crippen LogP contribution in [-0.2, 0) is 20.5 Å². The van der Waals surface area contributed by atoms with Crippen molar-refractivity contribution in [1.82, 2.24) is 29.4 Å². The molecule has 1 aromatic carbocycles. The van der Waals surface area contributed by atoms with Gasteiger partial charge in [0.2, 0.25) is 0 Å². The fraction of sp³-hybridized carbons (Fsp3) is 0.333. The summed E-state index contributed by atoms with van der Waals surface area (Å²) in [5.41, 5.74) is 3.32. The number of pyridine rings is 1. The zero-order chi connectivity index (χ0) is 23.7. The number of benzene rings is 1. The summed E-state index contributed by atoms with van der Waals surface area (Å²) in [6.07, 6.45) is 4.61. The van der Waals surface area contributed by atoms with E-state index in [9.17, 15) is 18.0 Å². The minimum Gasteiger partial charge on any atom is -0.325 e. The molecule has 1 amide bonds. The Morgan fingerprint density at radius 1 is 1.06 bits per heavy atom. The predicted molar refractivity (Wildman–Crippen MR) is 117 cm³/mol. The normalized spacial score (nSPS) is 19.5. The maximum atomic E-state index is 14.0.